The number of hydrogen-bond acceptors (Lipinski definition) is 5. The van der Waals surface area contributed by atoms with Gasteiger partial charge in [0, 0.05) is 59.0 Å². The molecule has 0 fully saturated rings. The minimum atomic E-state index is -0.513. The molecule has 3 aromatic heterocycles. The first-order valence-electron chi connectivity index (χ1n) is 7.21. The number of amides is 1. The lowest BCUT2D eigenvalue weighted by Crippen LogP contribution is -2.26. The molecule has 0 aliphatic rings. The summed E-state index contributed by atoms with van der Waals surface area (Å²) in [5.74, 6) is 0. The molecule has 24 heavy (non-hydrogen) atoms. The topological polar surface area (TPSA) is 56.1 Å². The molecule has 0 radical (unpaired) electrons. The van der Waals surface area contributed by atoms with Crippen LogP contribution >= 0.6 is 41.7 Å². The van der Waals surface area contributed by atoms with E-state index in [1.54, 1.807) is 15.3 Å². The summed E-state index contributed by atoms with van der Waals surface area (Å²) in [6.45, 7) is 5.53. The Kier molecular flexibility index (Phi) is 5.07. The van der Waals surface area contributed by atoms with E-state index in [9.17, 15) is 4.79 Å². The fraction of sp³-hybridized carbons (Fsp3) is 0.250. The van der Waals surface area contributed by atoms with E-state index in [0.717, 1.165) is 27.2 Å². The summed E-state index contributed by atoms with van der Waals surface area (Å²) in [5.41, 5.74) is 2.56. The number of pyridine rings is 1. The van der Waals surface area contributed by atoms with Crippen molar-refractivity contribution in [3.8, 4) is 11.1 Å². The highest BCUT2D eigenvalue weighted by Gasteiger charge is 2.18. The van der Waals surface area contributed by atoms with E-state index in [2.05, 4.69) is 43.8 Å². The highest BCUT2D eigenvalue weighted by atomic mass is 127. The lowest BCUT2D eigenvalue weighted by atomic mass is 10.1. The lowest BCUT2D eigenvalue weighted by molar-refractivity contribution is 0.0636. The van der Waals surface area contributed by atoms with Crippen LogP contribution in [-0.2, 0) is 4.74 Å². The van der Waals surface area contributed by atoms with Crippen LogP contribution in [0.1, 0.15) is 20.8 Å². The van der Waals surface area contributed by atoms with Crippen molar-refractivity contribution >= 4 is 63.8 Å². The van der Waals surface area contributed by atoms with Gasteiger partial charge in [0.15, 0.2) is 5.65 Å². The van der Waals surface area contributed by atoms with Crippen LogP contribution in [0.3, 0.4) is 0 Å². The number of halogens is 1. The average Bonchev–Trinajstić information content (AvgIpc) is 3.09. The van der Waals surface area contributed by atoms with Crippen LogP contribution in [0.25, 0.3) is 22.2 Å². The van der Waals surface area contributed by atoms with Crippen LogP contribution in [0.4, 0.5) is 9.80 Å². The van der Waals surface area contributed by atoms with Crippen LogP contribution < -0.4 is 5.32 Å². The summed E-state index contributed by atoms with van der Waals surface area (Å²) in [5, 5.41) is 6.65. The summed E-state index contributed by atoms with van der Waals surface area (Å²) in [6.07, 6.45) is 3.41. The summed E-state index contributed by atoms with van der Waals surface area (Å²) in [4.78, 5) is 16.3. The molecule has 5 nitrogen and oxygen atoms in total. The van der Waals surface area contributed by atoms with E-state index in [1.807, 2.05) is 42.3 Å². The number of fused-ring (bicyclic) bond motifs is 1. The first-order valence-corrected chi connectivity index (χ1v) is 11.4. The predicted molar refractivity (Wildman–Crippen MR) is 110 cm³/mol. The van der Waals surface area contributed by atoms with E-state index in [1.165, 1.54) is 11.3 Å². The second-order valence-electron chi connectivity index (χ2n) is 6.14. The number of aromatic nitrogens is 2. The maximum Gasteiger partial charge on any atom is 0.412 e. The number of rotatable bonds is 3. The zero-order valence-corrected chi connectivity index (χ0v) is 17.2. The van der Waals surface area contributed by atoms with Crippen molar-refractivity contribution < 1.29 is 9.53 Å². The van der Waals surface area contributed by atoms with E-state index in [0.29, 0.717) is 0 Å². The van der Waals surface area contributed by atoms with Gasteiger partial charge < -0.3 is 4.74 Å². The highest BCUT2D eigenvalue weighted by molar-refractivity contribution is 14.2. The van der Waals surface area contributed by atoms with Crippen LogP contribution in [0, 0.1) is 0 Å². The smallest absolute Gasteiger partial charge is 0.412 e. The van der Waals surface area contributed by atoms with Crippen molar-refractivity contribution in [2.75, 3.05) is 5.32 Å². The summed E-state index contributed by atoms with van der Waals surface area (Å²) in [7, 11) is 1.58. The van der Waals surface area contributed by atoms with Gasteiger partial charge in [0.25, 0.3) is 0 Å². The van der Waals surface area contributed by atoms with Crippen molar-refractivity contribution in [2.45, 2.75) is 26.4 Å². The second-order valence-corrected chi connectivity index (χ2v) is 8.76. The predicted octanol–water partition coefficient (Wildman–Crippen LogP) is 5.96. The van der Waals surface area contributed by atoms with Crippen LogP contribution in [-0.4, -0.2) is 20.7 Å². The summed E-state index contributed by atoms with van der Waals surface area (Å²) in [6, 6.07) is 5.94. The largest absolute Gasteiger partial charge is 0.444 e. The Morgan fingerprint density at radius 1 is 1.46 bits per heavy atom. The van der Waals surface area contributed by atoms with Gasteiger partial charge in [-0.1, -0.05) is 0 Å². The van der Waals surface area contributed by atoms with Crippen molar-refractivity contribution in [1.29, 1.82) is 0 Å². The molecule has 0 atom stereocenters. The first kappa shape index (κ1) is 17.6. The second kappa shape index (κ2) is 6.93. The number of nitrogens with zero attached hydrogens (tertiary/aromatic N) is 2. The number of nitrogens with one attached hydrogen (secondary N) is 1. The fourth-order valence-electron chi connectivity index (χ4n) is 2.26. The van der Waals surface area contributed by atoms with Crippen LogP contribution in [0.2, 0.25) is 0 Å². The third-order valence-corrected chi connectivity index (χ3v) is 5.69. The van der Waals surface area contributed by atoms with Gasteiger partial charge in [-0.25, -0.2) is 9.78 Å². The third kappa shape index (κ3) is 3.86. The Morgan fingerprint density at radius 2 is 2.25 bits per heavy atom. The molecule has 0 saturated carbocycles. The molecule has 0 spiro atoms. The van der Waals surface area contributed by atoms with E-state index in [-0.39, 0.29) is 0 Å². The number of thiophene rings is 1. The van der Waals surface area contributed by atoms with E-state index >= 15 is 0 Å². The highest BCUT2D eigenvalue weighted by Crippen LogP contribution is 2.37. The van der Waals surface area contributed by atoms with Gasteiger partial charge in [0.2, 0.25) is 0 Å². The van der Waals surface area contributed by atoms with Gasteiger partial charge in [-0.3, -0.25) is 9.29 Å². The minimum Gasteiger partial charge on any atom is -0.444 e. The maximum atomic E-state index is 11.9. The summed E-state index contributed by atoms with van der Waals surface area (Å²) >= 11 is 3.71. The molecule has 0 saturated heterocycles. The Hall–Kier alpha value is -1.26. The number of ether oxygens (including phenoxy) is 1. The standard InChI is InChI=1S/C16H16IN3O2S2/c1-16(2,3)22-15(21)19-13-7-10(9-23-13)12-8-20(24-17)14-11(12)5-4-6-18-14/h4-9H,1-3H3,(H,19,21). The quantitative estimate of drug-likeness (QED) is 0.477. The van der Waals surface area contributed by atoms with Crippen LogP contribution in [0.15, 0.2) is 36.0 Å². The third-order valence-electron chi connectivity index (χ3n) is 3.14. The minimum absolute atomic E-state index is 0.442. The number of carbonyl (C=O) groups excluding carboxylic acids is 1. The van der Waals surface area contributed by atoms with Crippen molar-refractivity contribution in [2.24, 2.45) is 0 Å². The molecule has 3 aromatic rings. The molecule has 126 valence electrons. The normalized spacial score (nSPS) is 11.7. The zero-order chi connectivity index (χ0) is 17.3. The fourth-order valence-corrected chi connectivity index (χ4v) is 4.30. The van der Waals surface area contributed by atoms with Crippen molar-refractivity contribution in [1.82, 2.24) is 8.96 Å². The molecule has 8 heteroatoms. The van der Waals surface area contributed by atoms with Crippen molar-refractivity contribution in [3.05, 3.63) is 36.0 Å². The number of carbonyl (C=O) groups is 1. The SMILES string of the molecule is CC(C)(C)OC(=O)Nc1cc(-c2cn(SI)c3ncccc23)cs1. The molecule has 1 N–H and O–H groups in total. The van der Waals surface area contributed by atoms with E-state index < -0.39 is 11.7 Å². The van der Waals surface area contributed by atoms with Gasteiger partial charge in [-0.2, -0.15) is 0 Å². The number of anilines is 1. The Bertz CT molecular complexity index is 883. The van der Waals surface area contributed by atoms with Gasteiger partial charge >= 0.3 is 6.09 Å². The molecular formula is C16H16IN3O2S2. The molecular weight excluding hydrogens is 457 g/mol. The lowest BCUT2D eigenvalue weighted by Gasteiger charge is -2.19. The number of hydrogen-bond donors (Lipinski definition) is 1. The van der Waals surface area contributed by atoms with Crippen LogP contribution in [0.5, 0.6) is 0 Å². The molecule has 0 unspecified atom stereocenters. The molecule has 0 aromatic carbocycles. The summed E-state index contributed by atoms with van der Waals surface area (Å²) < 4.78 is 7.32. The maximum absolute atomic E-state index is 11.9. The van der Waals surface area contributed by atoms with Gasteiger partial charge in [0.1, 0.15) is 5.60 Å². The monoisotopic (exact) mass is 473 g/mol. The Morgan fingerprint density at radius 3 is 2.96 bits per heavy atom. The average molecular weight is 473 g/mol. The zero-order valence-electron chi connectivity index (χ0n) is 13.4. The molecule has 0 aliphatic heterocycles. The molecule has 3 heterocycles. The molecule has 0 bridgehead atoms. The molecule has 3 rings (SSSR count). The van der Waals surface area contributed by atoms with Crippen molar-refractivity contribution in [3.63, 3.8) is 0 Å². The molecule has 0 aliphatic carbocycles. The Balaban J connectivity index is 1.87. The van der Waals surface area contributed by atoms with E-state index in [4.69, 9.17) is 4.74 Å². The van der Waals surface area contributed by atoms with Gasteiger partial charge in [0.05, 0.1) is 5.00 Å². The van der Waals surface area contributed by atoms with Gasteiger partial charge in [-0.15, -0.1) is 11.3 Å². The molecule has 1 amide bonds. The van der Waals surface area contributed by atoms with Gasteiger partial charge in [-0.05, 0) is 44.5 Å². The first-order chi connectivity index (χ1) is 11.4. The Labute approximate surface area is 160 Å².